The first-order valence-electron chi connectivity index (χ1n) is 9.98. The summed E-state index contributed by atoms with van der Waals surface area (Å²) in [6.07, 6.45) is 1.18. The van der Waals surface area contributed by atoms with E-state index in [0.717, 1.165) is 85.3 Å². The topological polar surface area (TPSA) is 49.4 Å². The fourth-order valence-electron chi connectivity index (χ4n) is 2.70. The predicted molar refractivity (Wildman–Crippen MR) is 109 cm³/mol. The molecule has 0 aliphatic rings. The summed E-state index contributed by atoms with van der Waals surface area (Å²) in [5.41, 5.74) is 0. The predicted octanol–water partition coefficient (Wildman–Crippen LogP) is 0.461. The maximum Gasteiger partial charge on any atom is 0.0589 e. The molecule has 0 saturated carbocycles. The lowest BCUT2D eigenvalue weighted by atomic mass is 10.3. The third-order valence-corrected chi connectivity index (χ3v) is 4.45. The number of ether oxygens (including phenoxy) is 3. The lowest BCUT2D eigenvalue weighted by molar-refractivity contribution is 0.127. The van der Waals surface area contributed by atoms with Gasteiger partial charge in [0.15, 0.2) is 0 Å². The highest BCUT2D eigenvalue weighted by Gasteiger charge is 2.10. The van der Waals surface area contributed by atoms with Gasteiger partial charge in [0.1, 0.15) is 0 Å². The summed E-state index contributed by atoms with van der Waals surface area (Å²) >= 11 is 0. The largest absolute Gasteiger partial charge is 0.383 e. The molecule has 0 rings (SSSR count). The lowest BCUT2D eigenvalue weighted by Crippen LogP contribution is -2.43. The van der Waals surface area contributed by atoms with E-state index in [0.29, 0.717) is 0 Å². The number of methoxy groups -OCH3 is 3. The van der Waals surface area contributed by atoms with Crippen LogP contribution in [0.25, 0.3) is 0 Å². The van der Waals surface area contributed by atoms with Crippen molar-refractivity contribution in [2.75, 3.05) is 114 Å². The van der Waals surface area contributed by atoms with Crippen molar-refractivity contribution >= 4 is 0 Å². The van der Waals surface area contributed by atoms with E-state index in [1.807, 2.05) is 0 Å². The zero-order valence-electron chi connectivity index (χ0n) is 18.0. The summed E-state index contributed by atoms with van der Waals surface area (Å²) in [5, 5.41) is 3.45. The number of nitrogens with one attached hydrogen (secondary N) is 1. The van der Waals surface area contributed by atoms with Gasteiger partial charge in [-0.2, -0.15) is 0 Å². The van der Waals surface area contributed by atoms with Gasteiger partial charge in [-0.25, -0.2) is 0 Å². The van der Waals surface area contributed by atoms with Gasteiger partial charge in [-0.05, 0) is 20.0 Å². The van der Waals surface area contributed by atoms with Crippen molar-refractivity contribution in [1.29, 1.82) is 0 Å². The second kappa shape index (κ2) is 19.5. The van der Waals surface area contributed by atoms with Crippen LogP contribution in [0, 0.1) is 0 Å². The van der Waals surface area contributed by atoms with E-state index in [4.69, 9.17) is 14.2 Å². The molecule has 0 bridgehead atoms. The van der Waals surface area contributed by atoms with Crippen LogP contribution in [0.4, 0.5) is 0 Å². The van der Waals surface area contributed by atoms with Crippen molar-refractivity contribution < 1.29 is 14.2 Å². The van der Waals surface area contributed by atoms with Crippen molar-refractivity contribution in [1.82, 2.24) is 20.0 Å². The molecule has 158 valence electrons. The number of nitrogens with zero attached hydrogens (tertiary/aromatic N) is 3. The quantitative estimate of drug-likeness (QED) is 0.310. The standard InChI is InChI=1S/C19H44N4O3/c1-6-9-22(16-19-26-5)13-14-23(10-7-20-8-17-24-3)12-11-21(2)15-18-25-4/h20H,6-19H2,1-5H3. The Kier molecular flexibility index (Phi) is 19.3. The van der Waals surface area contributed by atoms with Gasteiger partial charge in [-0.15, -0.1) is 0 Å². The molecule has 0 aromatic heterocycles. The first-order chi connectivity index (χ1) is 12.7. The van der Waals surface area contributed by atoms with Gasteiger partial charge in [-0.1, -0.05) is 6.92 Å². The molecule has 0 saturated heterocycles. The Morgan fingerprint density at radius 1 is 0.615 bits per heavy atom. The Labute approximate surface area is 161 Å². The Hall–Kier alpha value is -0.280. The highest BCUT2D eigenvalue weighted by atomic mass is 16.5. The highest BCUT2D eigenvalue weighted by molar-refractivity contribution is 4.67. The van der Waals surface area contributed by atoms with Crippen LogP contribution >= 0.6 is 0 Å². The molecule has 0 aliphatic carbocycles. The van der Waals surface area contributed by atoms with Crippen molar-refractivity contribution in [3.05, 3.63) is 0 Å². The van der Waals surface area contributed by atoms with Gasteiger partial charge in [0, 0.05) is 80.2 Å². The van der Waals surface area contributed by atoms with Gasteiger partial charge in [-0.3, -0.25) is 9.80 Å². The molecule has 7 heteroatoms. The molecule has 0 unspecified atom stereocenters. The monoisotopic (exact) mass is 376 g/mol. The Morgan fingerprint density at radius 3 is 1.81 bits per heavy atom. The van der Waals surface area contributed by atoms with Crippen LogP contribution in [0.1, 0.15) is 13.3 Å². The Morgan fingerprint density at radius 2 is 1.19 bits per heavy atom. The summed E-state index contributed by atoms with van der Waals surface area (Å²) in [6, 6.07) is 0. The average molecular weight is 377 g/mol. The van der Waals surface area contributed by atoms with E-state index < -0.39 is 0 Å². The van der Waals surface area contributed by atoms with Gasteiger partial charge in [0.25, 0.3) is 0 Å². The van der Waals surface area contributed by atoms with E-state index in [1.54, 1.807) is 21.3 Å². The number of rotatable bonds is 20. The van der Waals surface area contributed by atoms with Crippen molar-refractivity contribution in [2.24, 2.45) is 0 Å². The zero-order chi connectivity index (χ0) is 19.5. The molecule has 0 fully saturated rings. The minimum atomic E-state index is 0.765. The molecule has 0 spiro atoms. The fourth-order valence-corrected chi connectivity index (χ4v) is 2.70. The van der Waals surface area contributed by atoms with Crippen LogP contribution in [0.2, 0.25) is 0 Å². The molecule has 7 nitrogen and oxygen atoms in total. The molecular formula is C19H44N4O3. The van der Waals surface area contributed by atoms with E-state index in [9.17, 15) is 0 Å². The Bertz CT molecular complexity index is 286. The summed E-state index contributed by atoms with van der Waals surface area (Å²) < 4.78 is 15.5. The molecule has 0 aromatic rings. The molecule has 0 aliphatic heterocycles. The molecule has 26 heavy (non-hydrogen) atoms. The minimum Gasteiger partial charge on any atom is -0.383 e. The summed E-state index contributed by atoms with van der Waals surface area (Å²) in [6.45, 7) is 15.0. The molecule has 0 atom stereocenters. The van der Waals surface area contributed by atoms with Gasteiger partial charge < -0.3 is 24.4 Å². The summed E-state index contributed by atoms with van der Waals surface area (Å²) in [7, 11) is 7.44. The smallest absolute Gasteiger partial charge is 0.0589 e. The first-order valence-corrected chi connectivity index (χ1v) is 9.98. The molecular weight excluding hydrogens is 332 g/mol. The number of hydrogen-bond acceptors (Lipinski definition) is 7. The normalized spacial score (nSPS) is 12.0. The van der Waals surface area contributed by atoms with Crippen LogP contribution in [0.5, 0.6) is 0 Å². The van der Waals surface area contributed by atoms with Crippen LogP contribution < -0.4 is 5.32 Å². The Balaban J connectivity index is 4.29. The van der Waals surface area contributed by atoms with Gasteiger partial charge in [0.05, 0.1) is 19.8 Å². The van der Waals surface area contributed by atoms with Crippen molar-refractivity contribution in [3.63, 3.8) is 0 Å². The molecule has 1 N–H and O–H groups in total. The third kappa shape index (κ3) is 15.9. The molecule has 0 heterocycles. The zero-order valence-corrected chi connectivity index (χ0v) is 18.0. The van der Waals surface area contributed by atoms with Crippen LogP contribution in [0.15, 0.2) is 0 Å². The van der Waals surface area contributed by atoms with E-state index >= 15 is 0 Å². The minimum absolute atomic E-state index is 0.765. The van der Waals surface area contributed by atoms with E-state index in [2.05, 4.69) is 34.0 Å². The van der Waals surface area contributed by atoms with Gasteiger partial charge in [0.2, 0.25) is 0 Å². The van der Waals surface area contributed by atoms with E-state index in [-0.39, 0.29) is 0 Å². The van der Waals surface area contributed by atoms with Crippen LogP contribution in [-0.2, 0) is 14.2 Å². The number of hydrogen-bond donors (Lipinski definition) is 1. The van der Waals surface area contributed by atoms with E-state index in [1.165, 1.54) is 6.42 Å². The summed E-state index contributed by atoms with van der Waals surface area (Å²) in [5.74, 6) is 0. The second-order valence-corrected chi connectivity index (χ2v) is 6.71. The maximum absolute atomic E-state index is 5.25. The molecule has 0 radical (unpaired) electrons. The second-order valence-electron chi connectivity index (χ2n) is 6.71. The van der Waals surface area contributed by atoms with Crippen molar-refractivity contribution in [3.8, 4) is 0 Å². The summed E-state index contributed by atoms with van der Waals surface area (Å²) in [4.78, 5) is 7.39. The molecule has 0 aromatic carbocycles. The highest BCUT2D eigenvalue weighted by Crippen LogP contribution is 1.96. The first kappa shape index (κ1) is 25.7. The van der Waals surface area contributed by atoms with Crippen LogP contribution in [-0.4, -0.2) is 128 Å². The van der Waals surface area contributed by atoms with Gasteiger partial charge >= 0.3 is 0 Å². The van der Waals surface area contributed by atoms with Crippen molar-refractivity contribution in [2.45, 2.75) is 13.3 Å². The van der Waals surface area contributed by atoms with Crippen LogP contribution in [0.3, 0.4) is 0 Å². The molecule has 0 amide bonds. The average Bonchev–Trinajstić information content (AvgIpc) is 2.65. The maximum atomic E-state index is 5.25. The third-order valence-electron chi connectivity index (χ3n) is 4.45. The lowest BCUT2D eigenvalue weighted by Gasteiger charge is -2.29. The SMILES string of the molecule is CCCN(CCOC)CCN(CCNCCOC)CCN(C)CCOC. The number of likely N-dealkylation sites (N-methyl/N-ethyl adjacent to an activating group) is 1. The fraction of sp³-hybridized carbons (Fsp3) is 1.00.